The second kappa shape index (κ2) is 4.13. The van der Waals surface area contributed by atoms with E-state index in [4.69, 9.17) is 0 Å². The molecular formula is C11H8F2N2. The van der Waals surface area contributed by atoms with E-state index >= 15 is 0 Å². The van der Waals surface area contributed by atoms with Gasteiger partial charge in [-0.15, -0.1) is 0 Å². The lowest BCUT2D eigenvalue weighted by Crippen LogP contribution is -1.99. The van der Waals surface area contributed by atoms with E-state index in [0.29, 0.717) is 5.56 Å². The first-order chi connectivity index (χ1) is 7.27. The highest BCUT2D eigenvalue weighted by Gasteiger charge is 2.07. The summed E-state index contributed by atoms with van der Waals surface area (Å²) in [5.74, 6) is -0.865. The molecule has 0 N–H and O–H groups in total. The Labute approximate surface area is 85.6 Å². The van der Waals surface area contributed by atoms with Gasteiger partial charge in [0.1, 0.15) is 12.1 Å². The number of nitrogens with zero attached hydrogens (tertiary/aromatic N) is 2. The number of hydrogen-bond acceptors (Lipinski definition) is 2. The van der Waals surface area contributed by atoms with Crippen LogP contribution in [0, 0.1) is 11.6 Å². The van der Waals surface area contributed by atoms with Crippen molar-refractivity contribution in [2.45, 2.75) is 6.42 Å². The summed E-state index contributed by atoms with van der Waals surface area (Å²) in [5.41, 5.74) is 0.630. The van der Waals surface area contributed by atoms with Crippen molar-refractivity contribution >= 4 is 0 Å². The Bertz CT molecular complexity index is 428. The lowest BCUT2D eigenvalue weighted by molar-refractivity contribution is 0.585. The van der Waals surface area contributed by atoms with Gasteiger partial charge in [-0.3, -0.25) is 0 Å². The predicted molar refractivity (Wildman–Crippen MR) is 51.2 cm³/mol. The second-order valence-corrected chi connectivity index (χ2v) is 3.09. The molecule has 0 radical (unpaired) electrons. The van der Waals surface area contributed by atoms with Crippen LogP contribution >= 0.6 is 0 Å². The number of aromatic nitrogens is 2. The fourth-order valence-electron chi connectivity index (χ4n) is 1.29. The Morgan fingerprint density at radius 1 is 1.07 bits per heavy atom. The molecule has 0 spiro atoms. The van der Waals surface area contributed by atoms with Crippen molar-refractivity contribution in [3.8, 4) is 0 Å². The monoisotopic (exact) mass is 206 g/mol. The molecule has 0 unspecified atom stereocenters. The van der Waals surface area contributed by atoms with Gasteiger partial charge in [0.2, 0.25) is 0 Å². The number of benzene rings is 1. The quantitative estimate of drug-likeness (QED) is 0.753. The van der Waals surface area contributed by atoms with Gasteiger partial charge in [-0.1, -0.05) is 18.2 Å². The van der Waals surface area contributed by atoms with Crippen LogP contribution in [-0.2, 0) is 6.42 Å². The first-order valence-corrected chi connectivity index (χ1v) is 4.45. The van der Waals surface area contributed by atoms with Gasteiger partial charge in [0, 0.05) is 6.42 Å². The molecule has 0 amide bonds. The van der Waals surface area contributed by atoms with Crippen molar-refractivity contribution < 1.29 is 8.78 Å². The summed E-state index contributed by atoms with van der Waals surface area (Å²) >= 11 is 0. The van der Waals surface area contributed by atoms with Gasteiger partial charge in [-0.25, -0.2) is 18.7 Å². The normalized spacial score (nSPS) is 10.3. The Morgan fingerprint density at radius 3 is 2.60 bits per heavy atom. The number of hydrogen-bond donors (Lipinski definition) is 0. The van der Waals surface area contributed by atoms with Crippen LogP contribution < -0.4 is 0 Å². The molecule has 0 aliphatic heterocycles. The third kappa shape index (κ3) is 2.15. The summed E-state index contributed by atoms with van der Waals surface area (Å²) < 4.78 is 26.4. The van der Waals surface area contributed by atoms with E-state index in [0.717, 1.165) is 6.20 Å². The molecule has 0 saturated carbocycles. The molecule has 1 aromatic heterocycles. The molecule has 2 rings (SSSR count). The Morgan fingerprint density at radius 2 is 1.87 bits per heavy atom. The molecule has 0 aliphatic rings. The van der Waals surface area contributed by atoms with Gasteiger partial charge in [-0.2, -0.15) is 0 Å². The molecule has 76 valence electrons. The molecule has 0 aliphatic carbocycles. The van der Waals surface area contributed by atoms with E-state index in [9.17, 15) is 8.78 Å². The zero-order valence-corrected chi connectivity index (χ0v) is 7.82. The van der Waals surface area contributed by atoms with E-state index < -0.39 is 5.82 Å². The molecule has 1 heterocycles. The maximum absolute atomic E-state index is 13.2. The number of rotatable bonds is 2. The van der Waals surface area contributed by atoms with Gasteiger partial charge in [-0.05, 0) is 11.6 Å². The summed E-state index contributed by atoms with van der Waals surface area (Å²) in [6.45, 7) is 0. The number of halogens is 2. The van der Waals surface area contributed by atoms with E-state index in [1.807, 2.05) is 0 Å². The summed E-state index contributed by atoms with van der Waals surface area (Å²) in [6.07, 6.45) is 2.46. The maximum Gasteiger partial charge on any atom is 0.163 e. The fraction of sp³-hybridized carbons (Fsp3) is 0.0909. The van der Waals surface area contributed by atoms with Gasteiger partial charge in [0.25, 0.3) is 0 Å². The van der Waals surface area contributed by atoms with E-state index in [2.05, 4.69) is 9.97 Å². The fourth-order valence-corrected chi connectivity index (χ4v) is 1.29. The predicted octanol–water partition coefficient (Wildman–Crippen LogP) is 2.35. The van der Waals surface area contributed by atoms with E-state index in [1.165, 1.54) is 12.4 Å². The SMILES string of the molecule is Fc1ccccc1Cc1ncncc1F. The lowest BCUT2D eigenvalue weighted by Gasteiger charge is -2.02. The van der Waals surface area contributed by atoms with Crippen LogP contribution in [-0.4, -0.2) is 9.97 Å². The summed E-state index contributed by atoms with van der Waals surface area (Å²) in [7, 11) is 0. The minimum Gasteiger partial charge on any atom is -0.242 e. The van der Waals surface area contributed by atoms with Crippen LogP contribution in [0.4, 0.5) is 8.78 Å². The minimum atomic E-state index is -0.513. The van der Waals surface area contributed by atoms with Crippen LogP contribution in [0.15, 0.2) is 36.8 Å². The van der Waals surface area contributed by atoms with Crippen molar-refractivity contribution in [3.05, 3.63) is 59.7 Å². The highest BCUT2D eigenvalue weighted by molar-refractivity contribution is 5.23. The molecule has 0 saturated heterocycles. The molecule has 0 atom stereocenters. The molecule has 0 fully saturated rings. The van der Waals surface area contributed by atoms with Crippen molar-refractivity contribution in [1.82, 2.24) is 9.97 Å². The van der Waals surface area contributed by atoms with Crippen molar-refractivity contribution in [2.75, 3.05) is 0 Å². The average Bonchev–Trinajstić information content (AvgIpc) is 2.24. The summed E-state index contributed by atoms with van der Waals surface area (Å²) in [5, 5.41) is 0. The molecule has 4 heteroatoms. The van der Waals surface area contributed by atoms with Crippen LogP contribution in [0.1, 0.15) is 11.3 Å². The highest BCUT2D eigenvalue weighted by Crippen LogP contribution is 2.12. The topological polar surface area (TPSA) is 25.8 Å². The van der Waals surface area contributed by atoms with E-state index in [-0.39, 0.29) is 17.9 Å². The zero-order chi connectivity index (χ0) is 10.7. The minimum absolute atomic E-state index is 0.140. The lowest BCUT2D eigenvalue weighted by atomic mass is 10.1. The van der Waals surface area contributed by atoms with Gasteiger partial charge < -0.3 is 0 Å². The van der Waals surface area contributed by atoms with Gasteiger partial charge in [0.15, 0.2) is 5.82 Å². The van der Waals surface area contributed by atoms with Crippen LogP contribution in [0.2, 0.25) is 0 Å². The van der Waals surface area contributed by atoms with E-state index in [1.54, 1.807) is 18.2 Å². The Kier molecular flexibility index (Phi) is 2.67. The smallest absolute Gasteiger partial charge is 0.163 e. The summed E-state index contributed by atoms with van der Waals surface area (Å²) in [4.78, 5) is 7.29. The van der Waals surface area contributed by atoms with Crippen molar-refractivity contribution in [3.63, 3.8) is 0 Å². The standard InChI is InChI=1S/C11H8F2N2/c12-9-4-2-1-3-8(9)5-11-10(13)6-14-7-15-11/h1-4,6-7H,5H2. The molecule has 1 aromatic carbocycles. The molecule has 0 bridgehead atoms. The molecule has 2 aromatic rings. The summed E-state index contributed by atoms with van der Waals surface area (Å²) in [6, 6.07) is 6.25. The van der Waals surface area contributed by atoms with Crippen LogP contribution in [0.3, 0.4) is 0 Å². The van der Waals surface area contributed by atoms with Gasteiger partial charge in [0.05, 0.1) is 11.9 Å². The van der Waals surface area contributed by atoms with Gasteiger partial charge >= 0.3 is 0 Å². The molecule has 2 nitrogen and oxygen atoms in total. The largest absolute Gasteiger partial charge is 0.242 e. The first kappa shape index (κ1) is 9.71. The average molecular weight is 206 g/mol. The Hall–Kier alpha value is -1.84. The second-order valence-electron chi connectivity index (χ2n) is 3.09. The Balaban J connectivity index is 2.30. The molecule has 15 heavy (non-hydrogen) atoms. The first-order valence-electron chi connectivity index (χ1n) is 4.45. The van der Waals surface area contributed by atoms with Crippen molar-refractivity contribution in [1.29, 1.82) is 0 Å². The maximum atomic E-state index is 13.2. The third-order valence-corrected chi connectivity index (χ3v) is 2.06. The molecular weight excluding hydrogens is 198 g/mol. The highest BCUT2D eigenvalue weighted by atomic mass is 19.1. The van der Waals surface area contributed by atoms with Crippen LogP contribution in [0.5, 0.6) is 0 Å². The van der Waals surface area contributed by atoms with Crippen molar-refractivity contribution in [2.24, 2.45) is 0 Å². The zero-order valence-electron chi connectivity index (χ0n) is 7.82. The van der Waals surface area contributed by atoms with Crippen LogP contribution in [0.25, 0.3) is 0 Å². The third-order valence-electron chi connectivity index (χ3n) is 2.06.